The number of carbonyl (C=O) groups excluding carboxylic acids is 1. The molecular weight excluding hydrogens is 426 g/mol. The molecule has 0 unspecified atom stereocenters. The summed E-state index contributed by atoms with van der Waals surface area (Å²) in [4.78, 5) is 38.8. The van der Waals surface area contributed by atoms with E-state index in [0.29, 0.717) is 34.3 Å². The first-order valence-corrected chi connectivity index (χ1v) is 11.6. The van der Waals surface area contributed by atoms with Gasteiger partial charge in [-0.15, -0.1) is 16.4 Å². The summed E-state index contributed by atoms with van der Waals surface area (Å²) in [5, 5.41) is 8.97. The van der Waals surface area contributed by atoms with Crippen molar-refractivity contribution < 1.29 is 4.79 Å². The molecule has 1 N–H and O–H groups in total. The van der Waals surface area contributed by atoms with Gasteiger partial charge in [-0.05, 0) is 47.4 Å². The Bertz CT molecular complexity index is 1390. The van der Waals surface area contributed by atoms with Gasteiger partial charge in [0.25, 0.3) is 5.56 Å². The van der Waals surface area contributed by atoms with Crippen molar-refractivity contribution in [3.05, 3.63) is 62.1 Å². The van der Waals surface area contributed by atoms with E-state index in [-0.39, 0.29) is 23.8 Å². The van der Waals surface area contributed by atoms with Crippen LogP contribution in [0.2, 0.25) is 0 Å². The first-order valence-electron chi connectivity index (χ1n) is 10.8. The third-order valence-electron chi connectivity index (χ3n) is 5.47. The van der Waals surface area contributed by atoms with Crippen LogP contribution in [0.3, 0.4) is 0 Å². The summed E-state index contributed by atoms with van der Waals surface area (Å²) in [5.74, 6) is 0.701. The van der Waals surface area contributed by atoms with Crippen LogP contribution in [0.5, 0.6) is 0 Å². The van der Waals surface area contributed by atoms with Crippen LogP contribution >= 0.6 is 11.3 Å². The second-order valence-corrected chi connectivity index (χ2v) is 9.59. The molecule has 9 heteroatoms. The SMILES string of the molecule is CC(C)CCn1c(=O)c2sccc2n2c(=O)n(CC(=O)Nc3ccc(C(C)C)cc3)nc12. The lowest BCUT2D eigenvalue weighted by molar-refractivity contribution is -0.117. The average molecular weight is 454 g/mol. The summed E-state index contributed by atoms with van der Waals surface area (Å²) in [5.41, 5.74) is 1.77. The van der Waals surface area contributed by atoms with Gasteiger partial charge in [0.05, 0.1) is 5.52 Å². The highest BCUT2D eigenvalue weighted by molar-refractivity contribution is 7.17. The molecule has 0 aliphatic heterocycles. The lowest BCUT2D eigenvalue weighted by Crippen LogP contribution is -2.29. The van der Waals surface area contributed by atoms with E-state index in [0.717, 1.165) is 11.1 Å². The first kappa shape index (κ1) is 22.0. The Morgan fingerprint density at radius 1 is 1.09 bits per heavy atom. The molecular formula is C23H27N5O3S. The van der Waals surface area contributed by atoms with Gasteiger partial charge in [0, 0.05) is 12.2 Å². The zero-order chi connectivity index (χ0) is 23.0. The molecule has 32 heavy (non-hydrogen) atoms. The normalized spacial score (nSPS) is 11.8. The van der Waals surface area contributed by atoms with Crippen molar-refractivity contribution >= 4 is 38.9 Å². The molecule has 168 valence electrons. The lowest BCUT2D eigenvalue weighted by atomic mass is 10.0. The van der Waals surface area contributed by atoms with Crippen LogP contribution in [0.4, 0.5) is 5.69 Å². The smallest absolute Gasteiger partial charge is 0.324 e. The van der Waals surface area contributed by atoms with E-state index in [1.807, 2.05) is 24.3 Å². The number of aromatic nitrogens is 4. The minimum Gasteiger partial charge on any atom is -0.324 e. The highest BCUT2D eigenvalue weighted by atomic mass is 32.1. The number of carbonyl (C=O) groups is 1. The van der Waals surface area contributed by atoms with Gasteiger partial charge >= 0.3 is 5.69 Å². The van der Waals surface area contributed by atoms with Crippen LogP contribution in [0.25, 0.3) is 16.0 Å². The molecule has 0 radical (unpaired) electrons. The maximum absolute atomic E-state index is 13.1. The Hall–Kier alpha value is -3.20. The number of amides is 1. The number of nitrogens with zero attached hydrogens (tertiary/aromatic N) is 4. The van der Waals surface area contributed by atoms with Crippen LogP contribution in [0, 0.1) is 5.92 Å². The van der Waals surface area contributed by atoms with Crippen LogP contribution in [0.15, 0.2) is 45.3 Å². The predicted molar refractivity (Wildman–Crippen MR) is 128 cm³/mol. The molecule has 1 aromatic carbocycles. The van der Waals surface area contributed by atoms with Crippen LogP contribution in [0.1, 0.15) is 45.6 Å². The summed E-state index contributed by atoms with van der Waals surface area (Å²) in [7, 11) is 0. The van der Waals surface area contributed by atoms with Gasteiger partial charge in [0.2, 0.25) is 11.7 Å². The van der Waals surface area contributed by atoms with Crippen molar-refractivity contribution in [2.45, 2.75) is 53.1 Å². The van der Waals surface area contributed by atoms with Crippen molar-refractivity contribution in [2.24, 2.45) is 5.92 Å². The quantitative estimate of drug-likeness (QED) is 0.462. The van der Waals surface area contributed by atoms with Gasteiger partial charge in [0.1, 0.15) is 11.2 Å². The van der Waals surface area contributed by atoms with Gasteiger partial charge in [-0.25, -0.2) is 13.9 Å². The number of hydrogen-bond acceptors (Lipinski definition) is 5. The topological polar surface area (TPSA) is 90.4 Å². The van der Waals surface area contributed by atoms with E-state index in [1.165, 1.54) is 21.3 Å². The fourth-order valence-corrected chi connectivity index (χ4v) is 4.44. The largest absolute Gasteiger partial charge is 0.352 e. The molecule has 0 fully saturated rings. The zero-order valence-corrected chi connectivity index (χ0v) is 19.5. The van der Waals surface area contributed by atoms with Crippen molar-refractivity contribution in [3.63, 3.8) is 0 Å². The molecule has 3 heterocycles. The van der Waals surface area contributed by atoms with E-state index in [1.54, 1.807) is 16.0 Å². The molecule has 0 saturated carbocycles. The summed E-state index contributed by atoms with van der Waals surface area (Å²) >= 11 is 1.30. The van der Waals surface area contributed by atoms with Crippen molar-refractivity contribution in [1.82, 2.24) is 18.7 Å². The molecule has 0 bridgehead atoms. The van der Waals surface area contributed by atoms with Gasteiger partial charge in [-0.2, -0.15) is 0 Å². The molecule has 8 nitrogen and oxygen atoms in total. The van der Waals surface area contributed by atoms with Crippen LogP contribution < -0.4 is 16.6 Å². The van der Waals surface area contributed by atoms with Crippen molar-refractivity contribution in [2.75, 3.05) is 5.32 Å². The number of hydrogen-bond donors (Lipinski definition) is 1. The first-order chi connectivity index (χ1) is 15.3. The van der Waals surface area contributed by atoms with Gasteiger partial charge in [-0.1, -0.05) is 39.8 Å². The van der Waals surface area contributed by atoms with Crippen molar-refractivity contribution in [3.8, 4) is 0 Å². The van der Waals surface area contributed by atoms with E-state index in [4.69, 9.17) is 0 Å². The molecule has 0 saturated heterocycles. The number of thiophene rings is 1. The van der Waals surface area contributed by atoms with E-state index in [9.17, 15) is 14.4 Å². The third kappa shape index (κ3) is 4.12. The third-order valence-corrected chi connectivity index (χ3v) is 6.36. The number of fused-ring (bicyclic) bond motifs is 3. The van der Waals surface area contributed by atoms with Crippen LogP contribution in [-0.2, 0) is 17.9 Å². The van der Waals surface area contributed by atoms with Gasteiger partial charge in [-0.3, -0.25) is 14.2 Å². The average Bonchev–Trinajstić information content (AvgIpc) is 3.33. The van der Waals surface area contributed by atoms with Crippen molar-refractivity contribution in [1.29, 1.82) is 0 Å². The summed E-state index contributed by atoms with van der Waals surface area (Å²) in [6.45, 7) is 8.59. The summed E-state index contributed by atoms with van der Waals surface area (Å²) in [6.07, 6.45) is 0.778. The number of benzene rings is 1. The molecule has 0 spiro atoms. The van der Waals surface area contributed by atoms with Gasteiger partial charge < -0.3 is 5.32 Å². The van der Waals surface area contributed by atoms with E-state index >= 15 is 0 Å². The molecule has 0 aliphatic carbocycles. The summed E-state index contributed by atoms with van der Waals surface area (Å²) < 4.78 is 4.60. The Morgan fingerprint density at radius 3 is 2.47 bits per heavy atom. The number of aryl methyl sites for hydroxylation is 1. The second kappa shape index (κ2) is 8.74. The molecule has 3 aromatic heterocycles. The molecule has 1 amide bonds. The number of rotatable bonds is 7. The fourth-order valence-electron chi connectivity index (χ4n) is 3.61. The van der Waals surface area contributed by atoms with E-state index < -0.39 is 5.69 Å². The van der Waals surface area contributed by atoms with Gasteiger partial charge in [0.15, 0.2) is 0 Å². The fraction of sp³-hybridized carbons (Fsp3) is 0.391. The minimum absolute atomic E-state index is 0.157. The molecule has 4 rings (SSSR count). The molecule has 0 atom stereocenters. The minimum atomic E-state index is -0.438. The predicted octanol–water partition coefficient (Wildman–Crippen LogP) is 3.68. The molecule has 0 aliphatic rings. The Kier molecular flexibility index (Phi) is 6.01. The standard InChI is InChI=1S/C23H27N5O3S/c1-14(2)9-11-26-21(30)20-18(10-12-32-20)28-22(26)25-27(23(28)31)13-19(29)24-17-7-5-16(6-8-17)15(3)4/h5-8,10,12,14-15H,9,11,13H2,1-4H3,(H,24,29). The number of anilines is 1. The maximum Gasteiger partial charge on any atom is 0.352 e. The Balaban J connectivity index is 1.68. The van der Waals surface area contributed by atoms with Crippen LogP contribution in [-0.4, -0.2) is 24.7 Å². The zero-order valence-electron chi connectivity index (χ0n) is 18.7. The highest BCUT2D eigenvalue weighted by Crippen LogP contribution is 2.19. The Morgan fingerprint density at radius 2 is 1.81 bits per heavy atom. The molecule has 4 aromatic rings. The highest BCUT2D eigenvalue weighted by Gasteiger charge is 2.19. The number of nitrogens with one attached hydrogen (secondary N) is 1. The Labute approximate surface area is 189 Å². The lowest BCUT2D eigenvalue weighted by Gasteiger charge is -2.09. The monoisotopic (exact) mass is 453 g/mol. The maximum atomic E-state index is 13.1. The van der Waals surface area contributed by atoms with E-state index in [2.05, 4.69) is 38.1 Å². The summed E-state index contributed by atoms with van der Waals surface area (Å²) in [6, 6.07) is 9.37. The second-order valence-electron chi connectivity index (χ2n) is 8.67.